The number of hydrogen-bond donors (Lipinski definition) is 0. The van der Waals surface area contributed by atoms with E-state index in [0.717, 1.165) is 0 Å². The molecule has 0 bridgehead atoms. The second kappa shape index (κ2) is 19.4. The van der Waals surface area contributed by atoms with Gasteiger partial charge in [0.25, 0.3) is 0 Å². The number of hydrogen-bond acceptors (Lipinski definition) is 12. The molecule has 0 aliphatic rings. The smallest absolute Gasteiger partial charge is 0.759 e. The maximum atomic E-state index is 8.52. The summed E-state index contributed by atoms with van der Waals surface area (Å²) in [6, 6.07) is 0. The molecule has 0 heterocycles. The van der Waals surface area contributed by atoms with E-state index < -0.39 is 31.2 Å². The van der Waals surface area contributed by atoms with Gasteiger partial charge in [0.2, 0.25) is 0 Å². The summed E-state index contributed by atoms with van der Waals surface area (Å²) in [6.45, 7) is 0. The summed E-state index contributed by atoms with van der Waals surface area (Å²) in [7, 11) is -15.5. The molecule has 96 valence electrons. The van der Waals surface area contributed by atoms with Gasteiger partial charge in [0.05, 0.1) is 0 Å². The number of rotatable bonds is 0. The van der Waals surface area contributed by atoms with Gasteiger partial charge in [-0.3, -0.25) is 25.3 Å². The average Bonchev–Trinajstić information content (AvgIpc) is 1.41. The molecule has 0 unspecified atom stereocenters. The maximum Gasteiger partial charge on any atom is 3.00 e. The van der Waals surface area contributed by atoms with Crippen molar-refractivity contribution < 1.29 is 152 Å². The van der Waals surface area contributed by atoms with Gasteiger partial charge in [-0.25, -0.2) is 0 Å². The van der Waals surface area contributed by atoms with E-state index in [9.17, 15) is 0 Å². The fourth-order valence-corrected chi connectivity index (χ4v) is 0. The second-order valence-electron chi connectivity index (χ2n) is 1.22. The second-order valence-corrected chi connectivity index (χ2v) is 3.67. The normalized spacial score (nSPS) is 9.16. The minimum absolute atomic E-state index is 0. The van der Waals surface area contributed by atoms with Crippen LogP contribution in [0.15, 0.2) is 0 Å². The van der Waals surface area contributed by atoms with Crippen molar-refractivity contribution in [2.75, 3.05) is 0 Å². The van der Waals surface area contributed by atoms with E-state index in [0.29, 0.717) is 0 Å². The fourth-order valence-electron chi connectivity index (χ4n) is 0. The molecule has 0 fully saturated rings. The molecule has 12 nitrogen and oxygen atoms in total. The van der Waals surface area contributed by atoms with Gasteiger partial charge in [-0.15, -0.1) is 0 Å². The monoisotopic (exact) mass is 384 g/mol. The molecule has 0 aromatic carbocycles. The first kappa shape index (κ1) is 43.2. The van der Waals surface area contributed by atoms with E-state index in [-0.39, 0.29) is 117 Å². The Labute approximate surface area is 197 Å². The van der Waals surface area contributed by atoms with Gasteiger partial charge in [-0.2, -0.15) is 0 Å². The van der Waals surface area contributed by atoms with Crippen LogP contribution in [0.2, 0.25) is 0 Å². The Morgan fingerprint density at radius 3 is 0.526 bits per heavy atom. The Balaban J connectivity index is -0.0000000206. The van der Waals surface area contributed by atoms with E-state index >= 15 is 0 Å². The quantitative estimate of drug-likeness (QED) is 0.215. The van der Waals surface area contributed by atoms with Crippen molar-refractivity contribution >= 4 is 48.6 Å². The molecule has 0 amide bonds. The van der Waals surface area contributed by atoms with Crippen molar-refractivity contribution in [2.24, 2.45) is 0 Å². The molecule has 0 saturated carbocycles. The van der Waals surface area contributed by atoms with Crippen LogP contribution >= 0.6 is 0 Å². The van der Waals surface area contributed by atoms with Crippen LogP contribution in [0.3, 0.4) is 0 Å². The molecule has 0 aromatic rings. The van der Waals surface area contributed by atoms with Crippen LogP contribution in [0.5, 0.6) is 0 Å². The van der Waals surface area contributed by atoms with Crippen LogP contribution in [0.25, 0.3) is 0 Å². The molecule has 0 aliphatic carbocycles. The molecule has 0 spiro atoms. The van der Waals surface area contributed by atoms with E-state index in [2.05, 4.69) is 0 Å². The zero-order valence-electron chi connectivity index (χ0n) is 9.70. The SMILES string of the molecule is O=S(=O)([O-])[O-].O=S(=O)([O-])[O-].O=S(=O)([O-])[O-].[Al+3].[K+].[Li+].[Na+]. The summed E-state index contributed by atoms with van der Waals surface area (Å²) in [5.41, 5.74) is 0. The van der Waals surface area contributed by atoms with Crippen molar-refractivity contribution in [2.45, 2.75) is 0 Å². The molecule has 0 radical (unpaired) electrons. The molecule has 0 atom stereocenters. The summed E-state index contributed by atoms with van der Waals surface area (Å²) in [6.07, 6.45) is 0. The predicted octanol–water partition coefficient (Wildman–Crippen LogP) is -13.4. The fraction of sp³-hybridized carbons (Fsp3) is 0. The summed E-state index contributed by atoms with van der Waals surface area (Å²) < 4.78 is 102. The molecule has 19 heteroatoms. The Morgan fingerprint density at radius 2 is 0.526 bits per heavy atom. The van der Waals surface area contributed by atoms with Crippen molar-refractivity contribution in [3.05, 3.63) is 0 Å². The third-order valence-corrected chi connectivity index (χ3v) is 0. The van der Waals surface area contributed by atoms with Gasteiger partial charge in [0, 0.05) is 31.2 Å². The van der Waals surface area contributed by atoms with Crippen LogP contribution < -0.4 is 99.8 Å². The minimum Gasteiger partial charge on any atom is -0.759 e. The van der Waals surface area contributed by atoms with Crippen molar-refractivity contribution in [1.29, 1.82) is 0 Å². The van der Waals surface area contributed by atoms with Gasteiger partial charge < -0.3 is 27.3 Å². The van der Waals surface area contributed by atoms with Gasteiger partial charge in [0.1, 0.15) is 0 Å². The molecule has 0 N–H and O–H groups in total. The topological polar surface area (TPSA) is 241 Å². The largest absolute Gasteiger partial charge is 3.00 e. The molecule has 19 heavy (non-hydrogen) atoms. The Kier molecular flexibility index (Phi) is 44.2. The summed E-state index contributed by atoms with van der Waals surface area (Å²) in [5, 5.41) is 0. The summed E-state index contributed by atoms with van der Waals surface area (Å²) in [4.78, 5) is 0. The average molecular weight is 384 g/mol. The van der Waals surface area contributed by atoms with Crippen LogP contribution in [0, 0.1) is 0 Å². The van der Waals surface area contributed by atoms with Gasteiger partial charge in [0.15, 0.2) is 0 Å². The first-order valence-corrected chi connectivity index (χ1v) is 6.00. The first-order chi connectivity index (χ1) is 6.00. The third kappa shape index (κ3) is 704. The molecule has 0 saturated heterocycles. The van der Waals surface area contributed by atoms with Crippen LogP contribution in [-0.4, -0.2) is 69.9 Å². The maximum absolute atomic E-state index is 8.52. The predicted molar refractivity (Wildman–Crippen MR) is 37.2 cm³/mol. The first-order valence-electron chi connectivity index (χ1n) is 2.00. The summed E-state index contributed by atoms with van der Waals surface area (Å²) >= 11 is 0. The molecule has 0 aliphatic heterocycles. The van der Waals surface area contributed by atoms with Crippen molar-refractivity contribution in [3.63, 3.8) is 0 Å². The van der Waals surface area contributed by atoms with Crippen molar-refractivity contribution in [3.8, 4) is 0 Å². The van der Waals surface area contributed by atoms with Crippen LogP contribution in [0.1, 0.15) is 0 Å². The van der Waals surface area contributed by atoms with Gasteiger partial charge >= 0.3 is 117 Å². The molecule has 0 aromatic heterocycles. The summed E-state index contributed by atoms with van der Waals surface area (Å²) in [5.74, 6) is 0. The van der Waals surface area contributed by atoms with Gasteiger partial charge in [-0.1, -0.05) is 0 Å². The third-order valence-electron chi connectivity index (χ3n) is 0. The Bertz CT molecular complexity index is 354. The van der Waals surface area contributed by atoms with Gasteiger partial charge in [-0.05, 0) is 0 Å². The minimum atomic E-state index is -5.17. The Hall–Kier alpha value is 3.38. The zero-order chi connectivity index (χ0) is 13.5. The van der Waals surface area contributed by atoms with E-state index in [1.54, 1.807) is 0 Å². The van der Waals surface area contributed by atoms with E-state index in [1.165, 1.54) is 0 Å². The van der Waals surface area contributed by atoms with Crippen molar-refractivity contribution in [1.82, 2.24) is 0 Å². The standard InChI is InChI=1S/Al.K.Li.Na.3H2O4S/c;;;;3*1-5(2,3)4/h;;;;3*(H2,1,2,3,4)/q+3;3*+1;;;/p-6. The zero-order valence-corrected chi connectivity index (χ0v) is 18.4. The molecule has 0 rings (SSSR count). The van der Waals surface area contributed by atoms with Crippen LogP contribution in [0.4, 0.5) is 0 Å². The van der Waals surface area contributed by atoms with Crippen LogP contribution in [-0.2, 0) is 31.2 Å². The molecular formula is AlKLiNaO12S3. The van der Waals surface area contributed by atoms with E-state index in [4.69, 9.17) is 52.6 Å². The molecular weight excluding hydrogens is 384 g/mol. The van der Waals surface area contributed by atoms with E-state index in [1.807, 2.05) is 0 Å². The Morgan fingerprint density at radius 1 is 0.526 bits per heavy atom.